The van der Waals surface area contributed by atoms with Gasteiger partial charge in [0.2, 0.25) is 15.9 Å². The Kier molecular flexibility index (Phi) is 6.84. The molecule has 2 aromatic rings. The summed E-state index contributed by atoms with van der Waals surface area (Å²) in [5.74, 6) is 0.931. The van der Waals surface area contributed by atoms with Gasteiger partial charge in [-0.2, -0.15) is 4.31 Å². The van der Waals surface area contributed by atoms with Gasteiger partial charge in [0.05, 0.1) is 24.3 Å². The van der Waals surface area contributed by atoms with E-state index in [-0.39, 0.29) is 10.8 Å². The Labute approximate surface area is 177 Å². The van der Waals surface area contributed by atoms with Crippen LogP contribution in [0, 0.1) is 0 Å². The number of ether oxygens (including phenoxy) is 2. The number of sulfonamides is 1. The molecule has 0 radical (unpaired) electrons. The summed E-state index contributed by atoms with van der Waals surface area (Å²) in [7, 11) is -2.07. The van der Waals surface area contributed by atoms with Crippen LogP contribution in [0.25, 0.3) is 0 Å². The number of carbonyl (C=O) groups is 1. The zero-order valence-electron chi connectivity index (χ0n) is 17.4. The van der Waals surface area contributed by atoms with Crippen molar-refractivity contribution in [1.82, 2.24) is 4.31 Å². The van der Waals surface area contributed by atoms with Crippen molar-refractivity contribution in [2.45, 2.75) is 18.7 Å². The smallest absolute Gasteiger partial charge is 0.243 e. The van der Waals surface area contributed by atoms with E-state index < -0.39 is 10.0 Å². The third-order valence-electron chi connectivity index (χ3n) is 4.88. The fraction of sp³-hybridized carbons (Fsp3) is 0.381. The average Bonchev–Trinajstić information content (AvgIpc) is 2.75. The van der Waals surface area contributed by atoms with E-state index in [4.69, 9.17) is 9.47 Å². The van der Waals surface area contributed by atoms with Crippen LogP contribution >= 0.6 is 0 Å². The lowest BCUT2D eigenvalue weighted by atomic mass is 10.2. The highest BCUT2D eigenvalue weighted by Crippen LogP contribution is 2.30. The first-order chi connectivity index (χ1) is 14.3. The van der Waals surface area contributed by atoms with E-state index >= 15 is 0 Å². The molecule has 1 saturated heterocycles. The molecule has 0 saturated carbocycles. The molecular formula is C21H27N3O5S. The summed E-state index contributed by atoms with van der Waals surface area (Å²) in [5, 5.41) is 2.65. The molecule has 1 aliphatic heterocycles. The first kappa shape index (κ1) is 21.9. The number of nitrogens with one attached hydrogen (secondary N) is 1. The zero-order valence-corrected chi connectivity index (χ0v) is 18.2. The van der Waals surface area contributed by atoms with E-state index in [1.54, 1.807) is 13.2 Å². The third kappa shape index (κ3) is 4.85. The summed E-state index contributed by atoms with van der Waals surface area (Å²) in [6, 6.07) is 12.3. The minimum absolute atomic E-state index is 0.132. The molecule has 30 heavy (non-hydrogen) atoms. The highest BCUT2D eigenvalue weighted by Gasteiger charge is 2.29. The first-order valence-corrected chi connectivity index (χ1v) is 11.2. The number of hydrogen-bond acceptors (Lipinski definition) is 6. The summed E-state index contributed by atoms with van der Waals surface area (Å²) in [6.45, 7) is 5.52. The van der Waals surface area contributed by atoms with Crippen molar-refractivity contribution in [2.75, 3.05) is 50.1 Å². The van der Waals surface area contributed by atoms with E-state index in [1.165, 1.54) is 23.4 Å². The second kappa shape index (κ2) is 9.36. The molecule has 8 nitrogen and oxygen atoms in total. The monoisotopic (exact) mass is 433 g/mol. The van der Waals surface area contributed by atoms with Gasteiger partial charge >= 0.3 is 0 Å². The van der Waals surface area contributed by atoms with Gasteiger partial charge in [0.15, 0.2) is 0 Å². The zero-order chi connectivity index (χ0) is 21.7. The van der Waals surface area contributed by atoms with Crippen LogP contribution in [0.1, 0.15) is 13.8 Å². The van der Waals surface area contributed by atoms with Crippen LogP contribution < -0.4 is 19.7 Å². The number of benzene rings is 2. The van der Waals surface area contributed by atoms with Gasteiger partial charge in [-0.15, -0.1) is 0 Å². The van der Waals surface area contributed by atoms with Crippen LogP contribution in [0.15, 0.2) is 47.4 Å². The maximum absolute atomic E-state index is 13.2. The second-order valence-electron chi connectivity index (χ2n) is 6.86. The molecule has 0 spiro atoms. The van der Waals surface area contributed by atoms with Crippen molar-refractivity contribution in [3.63, 3.8) is 0 Å². The van der Waals surface area contributed by atoms with Gasteiger partial charge in [0, 0.05) is 38.8 Å². The highest BCUT2D eigenvalue weighted by molar-refractivity contribution is 7.89. The Morgan fingerprint density at radius 1 is 1.07 bits per heavy atom. The fourth-order valence-electron chi connectivity index (χ4n) is 3.37. The first-order valence-electron chi connectivity index (χ1n) is 9.78. The van der Waals surface area contributed by atoms with Crippen molar-refractivity contribution in [3.05, 3.63) is 42.5 Å². The second-order valence-corrected chi connectivity index (χ2v) is 8.80. The molecule has 1 fully saturated rings. The van der Waals surface area contributed by atoms with Gasteiger partial charge in [-0.3, -0.25) is 4.79 Å². The molecule has 1 heterocycles. The molecule has 1 aliphatic rings. The Balaban J connectivity index is 1.75. The van der Waals surface area contributed by atoms with Gasteiger partial charge in [0.25, 0.3) is 0 Å². The topological polar surface area (TPSA) is 88.2 Å². The SMILES string of the molecule is CCOc1ccc(S(=O)(=O)N2CCN(c3ccc(OC)cc3)CC2)cc1NC(C)=O. The fourth-order valence-corrected chi connectivity index (χ4v) is 4.82. The summed E-state index contributed by atoms with van der Waals surface area (Å²) in [5.41, 5.74) is 1.38. The highest BCUT2D eigenvalue weighted by atomic mass is 32.2. The molecule has 0 aliphatic carbocycles. The predicted molar refractivity (Wildman–Crippen MR) is 116 cm³/mol. The molecule has 0 aromatic heterocycles. The Morgan fingerprint density at radius 2 is 1.73 bits per heavy atom. The quantitative estimate of drug-likeness (QED) is 0.722. The minimum atomic E-state index is -3.69. The minimum Gasteiger partial charge on any atom is -0.497 e. The Bertz CT molecular complexity index is 984. The number of rotatable bonds is 7. The maximum Gasteiger partial charge on any atom is 0.243 e. The average molecular weight is 434 g/mol. The van der Waals surface area contributed by atoms with E-state index in [2.05, 4.69) is 10.2 Å². The van der Waals surface area contributed by atoms with Crippen LogP contribution in [-0.2, 0) is 14.8 Å². The Hall–Kier alpha value is -2.78. The lowest BCUT2D eigenvalue weighted by Gasteiger charge is -2.35. The molecule has 3 rings (SSSR count). The molecule has 2 aromatic carbocycles. The number of carbonyl (C=O) groups excluding carboxylic acids is 1. The molecule has 0 bridgehead atoms. The number of methoxy groups -OCH3 is 1. The van der Waals surface area contributed by atoms with E-state index in [9.17, 15) is 13.2 Å². The maximum atomic E-state index is 13.2. The number of nitrogens with zero attached hydrogens (tertiary/aromatic N) is 2. The largest absolute Gasteiger partial charge is 0.497 e. The van der Waals surface area contributed by atoms with E-state index in [0.717, 1.165) is 11.4 Å². The van der Waals surface area contributed by atoms with E-state index in [1.807, 2.05) is 31.2 Å². The van der Waals surface area contributed by atoms with Crippen molar-refractivity contribution in [1.29, 1.82) is 0 Å². The van der Waals surface area contributed by atoms with Gasteiger partial charge in [-0.1, -0.05) is 0 Å². The van der Waals surface area contributed by atoms with Gasteiger partial charge in [-0.05, 0) is 49.4 Å². The standard InChI is InChI=1S/C21H27N3O5S/c1-4-29-21-10-9-19(15-20(21)22-16(2)25)30(26,27)24-13-11-23(12-14-24)17-5-7-18(28-3)8-6-17/h5-10,15H,4,11-14H2,1-3H3,(H,22,25). The van der Waals surface area contributed by atoms with Crippen LogP contribution in [0.3, 0.4) is 0 Å². The number of piperazine rings is 1. The van der Waals surface area contributed by atoms with Crippen LogP contribution in [0.2, 0.25) is 0 Å². The molecule has 0 atom stereocenters. The molecule has 0 unspecified atom stereocenters. The van der Waals surface area contributed by atoms with Gasteiger partial charge in [0.1, 0.15) is 11.5 Å². The molecule has 162 valence electrons. The molecule has 9 heteroatoms. The van der Waals surface area contributed by atoms with Crippen molar-refractivity contribution in [3.8, 4) is 11.5 Å². The van der Waals surface area contributed by atoms with Gasteiger partial charge in [-0.25, -0.2) is 8.42 Å². The number of hydrogen-bond donors (Lipinski definition) is 1. The summed E-state index contributed by atoms with van der Waals surface area (Å²) >= 11 is 0. The van der Waals surface area contributed by atoms with E-state index in [0.29, 0.717) is 44.2 Å². The molecule has 1 N–H and O–H groups in total. The molecule has 1 amide bonds. The summed E-state index contributed by atoms with van der Waals surface area (Å²) in [6.07, 6.45) is 0. The number of amides is 1. The lowest BCUT2D eigenvalue weighted by Crippen LogP contribution is -2.48. The van der Waals surface area contributed by atoms with Crippen LogP contribution in [0.4, 0.5) is 11.4 Å². The molecular weight excluding hydrogens is 406 g/mol. The van der Waals surface area contributed by atoms with Crippen molar-refractivity contribution >= 4 is 27.3 Å². The summed E-state index contributed by atoms with van der Waals surface area (Å²) < 4.78 is 38.5. The number of anilines is 2. The normalized spacial score (nSPS) is 15.0. The third-order valence-corrected chi connectivity index (χ3v) is 6.77. The van der Waals surface area contributed by atoms with Crippen molar-refractivity contribution in [2.24, 2.45) is 0 Å². The van der Waals surface area contributed by atoms with Crippen LogP contribution in [-0.4, -0.2) is 58.5 Å². The van der Waals surface area contributed by atoms with Gasteiger partial charge < -0.3 is 19.7 Å². The van der Waals surface area contributed by atoms with Crippen LogP contribution in [0.5, 0.6) is 11.5 Å². The Morgan fingerprint density at radius 3 is 2.30 bits per heavy atom. The lowest BCUT2D eigenvalue weighted by molar-refractivity contribution is -0.114. The predicted octanol–water partition coefficient (Wildman–Crippen LogP) is 2.56. The summed E-state index contributed by atoms with van der Waals surface area (Å²) in [4.78, 5) is 13.8. The van der Waals surface area contributed by atoms with Crippen molar-refractivity contribution < 1.29 is 22.7 Å².